The van der Waals surface area contributed by atoms with Gasteiger partial charge in [0.25, 0.3) is 0 Å². The second-order valence-corrected chi connectivity index (χ2v) is 5.82. The van der Waals surface area contributed by atoms with Crippen LogP contribution in [0.5, 0.6) is 0 Å². The minimum atomic E-state index is -1.03. The van der Waals surface area contributed by atoms with Crippen molar-refractivity contribution in [3.05, 3.63) is 35.7 Å². The summed E-state index contributed by atoms with van der Waals surface area (Å²) in [6, 6.07) is 0. The average Bonchev–Trinajstić information content (AvgIpc) is 2.57. The molecule has 0 aliphatic heterocycles. The molecule has 1 unspecified atom stereocenters. The van der Waals surface area contributed by atoms with Crippen molar-refractivity contribution >= 4 is 5.71 Å². The molecule has 0 saturated heterocycles. The van der Waals surface area contributed by atoms with Gasteiger partial charge in [-0.25, -0.2) is 0 Å². The molecule has 1 rings (SSSR count). The monoisotopic (exact) mass is 300 g/mol. The van der Waals surface area contributed by atoms with Crippen LogP contribution in [0.15, 0.2) is 40.7 Å². The van der Waals surface area contributed by atoms with Crippen LogP contribution in [-0.2, 0) is 0 Å². The molecule has 0 saturated carbocycles. The van der Waals surface area contributed by atoms with Gasteiger partial charge in [0.2, 0.25) is 0 Å². The van der Waals surface area contributed by atoms with Gasteiger partial charge in [-0.1, -0.05) is 38.5 Å². The Morgan fingerprint density at radius 1 is 1.50 bits per heavy atom. The topological polar surface area (TPSA) is 58.6 Å². The molecule has 0 bridgehead atoms. The van der Waals surface area contributed by atoms with E-state index in [1.54, 1.807) is 0 Å². The smallest absolute Gasteiger partial charge is 0.108 e. The van der Waals surface area contributed by atoms with Gasteiger partial charge in [-0.05, 0) is 32.3 Å². The fourth-order valence-corrected chi connectivity index (χ4v) is 2.38. The van der Waals surface area contributed by atoms with E-state index in [-0.39, 0.29) is 5.92 Å². The molecule has 1 aliphatic rings. The molecule has 0 amide bonds. The van der Waals surface area contributed by atoms with Crippen LogP contribution in [-0.4, -0.2) is 16.4 Å². The molecule has 1 aliphatic carbocycles. The zero-order valence-electron chi connectivity index (χ0n) is 14.2. The van der Waals surface area contributed by atoms with Crippen LogP contribution in [0.25, 0.3) is 0 Å². The Kier molecular flexibility index (Phi) is 6.64. The van der Waals surface area contributed by atoms with Crippen LogP contribution < -0.4 is 5.73 Å². The highest BCUT2D eigenvalue weighted by atomic mass is 16.3. The van der Waals surface area contributed by atoms with Crippen LogP contribution in [0, 0.1) is 17.8 Å². The van der Waals surface area contributed by atoms with E-state index in [0.29, 0.717) is 24.3 Å². The van der Waals surface area contributed by atoms with Crippen molar-refractivity contribution in [1.29, 1.82) is 0 Å². The largest absolute Gasteiger partial charge is 0.398 e. The second kappa shape index (κ2) is 8.00. The molecular weight excluding hydrogens is 272 g/mol. The van der Waals surface area contributed by atoms with Crippen molar-refractivity contribution in [2.75, 3.05) is 0 Å². The van der Waals surface area contributed by atoms with E-state index in [0.717, 1.165) is 24.1 Å². The maximum Gasteiger partial charge on any atom is 0.108 e. The number of allylic oxidation sites excluding steroid dienone is 4. The summed E-state index contributed by atoms with van der Waals surface area (Å²) in [6.45, 7) is 11.8. The Balaban J connectivity index is 3.32. The van der Waals surface area contributed by atoms with Gasteiger partial charge in [-0.2, -0.15) is 0 Å². The molecule has 120 valence electrons. The van der Waals surface area contributed by atoms with Gasteiger partial charge in [0.05, 0.1) is 5.71 Å². The number of rotatable bonds is 5. The number of nitrogens with two attached hydrogens (primary N) is 1. The Labute approximate surface area is 134 Å². The normalized spacial score (nSPS) is 24.6. The predicted molar refractivity (Wildman–Crippen MR) is 94.3 cm³/mol. The van der Waals surface area contributed by atoms with Gasteiger partial charge in [0, 0.05) is 30.2 Å². The van der Waals surface area contributed by atoms with Gasteiger partial charge in [-0.15, -0.1) is 5.92 Å². The summed E-state index contributed by atoms with van der Waals surface area (Å²) in [4.78, 5) is 4.70. The number of hydrogen-bond acceptors (Lipinski definition) is 3. The van der Waals surface area contributed by atoms with E-state index in [2.05, 4.69) is 37.5 Å². The molecule has 0 spiro atoms. The molecule has 3 N–H and O–H groups in total. The van der Waals surface area contributed by atoms with Gasteiger partial charge >= 0.3 is 0 Å². The van der Waals surface area contributed by atoms with Gasteiger partial charge in [0.15, 0.2) is 0 Å². The van der Waals surface area contributed by atoms with E-state index in [4.69, 9.17) is 10.7 Å². The average molecular weight is 300 g/mol. The first-order valence-electron chi connectivity index (χ1n) is 7.96. The lowest BCUT2D eigenvalue weighted by Crippen LogP contribution is -2.40. The van der Waals surface area contributed by atoms with Crippen LogP contribution in [0.1, 0.15) is 53.4 Å². The summed E-state index contributed by atoms with van der Waals surface area (Å²) in [7, 11) is 0. The highest BCUT2D eigenvalue weighted by Gasteiger charge is 2.30. The highest BCUT2D eigenvalue weighted by molar-refractivity contribution is 6.05. The zero-order chi connectivity index (χ0) is 16.8. The quantitative estimate of drug-likeness (QED) is 0.600. The highest BCUT2D eigenvalue weighted by Crippen LogP contribution is 2.24. The minimum Gasteiger partial charge on any atom is -0.398 e. The summed E-state index contributed by atoms with van der Waals surface area (Å²) >= 11 is 0. The maximum atomic E-state index is 10.8. The fourth-order valence-electron chi connectivity index (χ4n) is 2.38. The summed E-state index contributed by atoms with van der Waals surface area (Å²) < 4.78 is 0. The molecule has 0 fully saturated rings. The minimum absolute atomic E-state index is 0.241. The molecule has 3 heteroatoms. The Morgan fingerprint density at radius 3 is 2.68 bits per heavy atom. The lowest BCUT2D eigenvalue weighted by atomic mass is 9.89. The Morgan fingerprint density at radius 2 is 2.14 bits per heavy atom. The van der Waals surface area contributed by atoms with Crippen LogP contribution in [0.4, 0.5) is 0 Å². The zero-order valence-corrected chi connectivity index (χ0v) is 14.2. The standard InChI is InChI=1S/C19H28N2O/c1-6-19(22,7-2)18(16(5)20)21-17-11-9-8-10-14(3)12-13-15(17)4/h12-14,22H,5-7,9,11,20H2,1-4H3/b13-12-,17-15+,21-18?. The molecule has 0 heterocycles. The summed E-state index contributed by atoms with van der Waals surface area (Å²) in [5, 5.41) is 10.8. The van der Waals surface area contributed by atoms with Crippen molar-refractivity contribution in [2.45, 2.75) is 59.0 Å². The predicted octanol–water partition coefficient (Wildman–Crippen LogP) is 3.71. The van der Waals surface area contributed by atoms with Crippen molar-refractivity contribution in [3.63, 3.8) is 0 Å². The lowest BCUT2D eigenvalue weighted by Gasteiger charge is -2.27. The molecule has 0 aromatic carbocycles. The fraction of sp³-hybridized carbons (Fsp3) is 0.526. The molecule has 3 nitrogen and oxygen atoms in total. The van der Waals surface area contributed by atoms with Crippen molar-refractivity contribution in [1.82, 2.24) is 0 Å². The molecular formula is C19H28N2O. The van der Waals surface area contributed by atoms with Crippen molar-refractivity contribution in [3.8, 4) is 11.8 Å². The van der Waals surface area contributed by atoms with E-state index >= 15 is 0 Å². The lowest BCUT2D eigenvalue weighted by molar-refractivity contribution is 0.104. The SMILES string of the molecule is C=C(N)C(=N/C1=C(C)/C=C\C(C)C#CCC1)C(O)(CC)CC. The number of aliphatic imine (C=N–C) groups is 1. The van der Waals surface area contributed by atoms with Crippen LogP contribution >= 0.6 is 0 Å². The van der Waals surface area contributed by atoms with E-state index < -0.39 is 5.60 Å². The molecule has 22 heavy (non-hydrogen) atoms. The summed E-state index contributed by atoms with van der Waals surface area (Å²) in [5.41, 5.74) is 7.69. The third kappa shape index (κ3) is 4.61. The molecule has 1 atom stereocenters. The van der Waals surface area contributed by atoms with Crippen LogP contribution in [0.3, 0.4) is 0 Å². The van der Waals surface area contributed by atoms with Crippen molar-refractivity contribution < 1.29 is 5.11 Å². The summed E-state index contributed by atoms with van der Waals surface area (Å²) in [6.07, 6.45) is 6.73. The van der Waals surface area contributed by atoms with Gasteiger partial charge in [0.1, 0.15) is 5.60 Å². The first kappa shape index (κ1) is 18.3. The van der Waals surface area contributed by atoms with Crippen molar-refractivity contribution in [2.24, 2.45) is 16.6 Å². The van der Waals surface area contributed by atoms with Crippen LogP contribution in [0.2, 0.25) is 0 Å². The van der Waals surface area contributed by atoms with E-state index in [1.807, 2.05) is 20.8 Å². The molecule has 0 aromatic rings. The van der Waals surface area contributed by atoms with Gasteiger partial charge in [-0.3, -0.25) is 4.99 Å². The third-order valence-electron chi connectivity index (χ3n) is 4.07. The second-order valence-electron chi connectivity index (χ2n) is 5.82. The number of hydrogen-bond donors (Lipinski definition) is 2. The van der Waals surface area contributed by atoms with Gasteiger partial charge < -0.3 is 10.8 Å². The Bertz CT molecular complexity index is 566. The number of nitrogens with zero attached hydrogens (tertiary/aromatic N) is 1. The maximum absolute atomic E-state index is 10.8. The van der Waals surface area contributed by atoms with E-state index in [1.165, 1.54) is 0 Å². The number of aliphatic hydroxyl groups is 1. The first-order valence-corrected chi connectivity index (χ1v) is 7.96. The van der Waals surface area contributed by atoms with E-state index in [9.17, 15) is 5.11 Å². The third-order valence-corrected chi connectivity index (χ3v) is 4.07. The molecule has 0 radical (unpaired) electrons. The first-order chi connectivity index (χ1) is 10.3. The summed E-state index contributed by atoms with van der Waals surface area (Å²) in [5.74, 6) is 6.61. The molecule has 0 aromatic heterocycles. The Hall–Kier alpha value is -1.79.